The van der Waals surface area contributed by atoms with Crippen LogP contribution >= 0.6 is 0 Å². The molecule has 20 heavy (non-hydrogen) atoms. The van der Waals surface area contributed by atoms with Crippen molar-refractivity contribution in [2.75, 3.05) is 7.05 Å². The van der Waals surface area contributed by atoms with Crippen LogP contribution < -0.4 is 10.6 Å². The zero-order valence-electron chi connectivity index (χ0n) is 13.2. The Labute approximate surface area is 122 Å². The predicted molar refractivity (Wildman–Crippen MR) is 82.8 cm³/mol. The number of rotatable bonds is 8. The van der Waals surface area contributed by atoms with Crippen LogP contribution in [0.15, 0.2) is 15.6 Å². The third kappa shape index (κ3) is 6.08. The van der Waals surface area contributed by atoms with Crippen LogP contribution in [0.2, 0.25) is 0 Å². The van der Waals surface area contributed by atoms with Gasteiger partial charge in [-0.05, 0) is 19.8 Å². The van der Waals surface area contributed by atoms with Gasteiger partial charge in [-0.1, -0.05) is 38.3 Å². The minimum absolute atomic E-state index is 0.425. The van der Waals surface area contributed by atoms with Gasteiger partial charge < -0.3 is 15.2 Å². The van der Waals surface area contributed by atoms with Crippen molar-refractivity contribution < 1.29 is 4.52 Å². The first-order chi connectivity index (χ1) is 9.69. The second-order valence-corrected chi connectivity index (χ2v) is 5.11. The van der Waals surface area contributed by atoms with Gasteiger partial charge in [-0.15, -0.1) is 0 Å². The maximum absolute atomic E-state index is 5.24. The van der Waals surface area contributed by atoms with Crippen LogP contribution in [0.25, 0.3) is 0 Å². The van der Waals surface area contributed by atoms with Crippen molar-refractivity contribution in [3.63, 3.8) is 0 Å². The highest BCUT2D eigenvalue weighted by molar-refractivity contribution is 5.79. The maximum atomic E-state index is 5.24. The minimum Gasteiger partial charge on any atom is -0.359 e. The summed E-state index contributed by atoms with van der Waals surface area (Å²) in [4.78, 5) is 4.23. The molecule has 0 aliphatic rings. The van der Waals surface area contributed by atoms with Crippen LogP contribution in [0.3, 0.4) is 0 Å². The largest absolute Gasteiger partial charge is 0.359 e. The third-order valence-corrected chi connectivity index (χ3v) is 3.25. The highest BCUT2D eigenvalue weighted by atomic mass is 16.5. The fraction of sp³-hybridized carbons (Fsp3) is 0.733. The monoisotopic (exact) mass is 280 g/mol. The van der Waals surface area contributed by atoms with E-state index in [1.165, 1.54) is 19.3 Å². The molecular weight excluding hydrogens is 252 g/mol. The molecule has 2 N–H and O–H groups in total. The van der Waals surface area contributed by atoms with Gasteiger partial charge in [0.1, 0.15) is 0 Å². The Balaban J connectivity index is 2.32. The average molecular weight is 280 g/mol. The molecule has 0 aromatic carbocycles. The average Bonchev–Trinajstić information content (AvgIpc) is 2.91. The molecule has 1 heterocycles. The summed E-state index contributed by atoms with van der Waals surface area (Å²) in [5, 5.41) is 10.6. The Bertz CT molecular complexity index is 400. The van der Waals surface area contributed by atoms with E-state index in [9.17, 15) is 0 Å². The Morgan fingerprint density at radius 3 is 2.80 bits per heavy atom. The number of aromatic nitrogens is 1. The lowest BCUT2D eigenvalue weighted by atomic mass is 10.1. The minimum atomic E-state index is 0.425. The lowest BCUT2D eigenvalue weighted by Gasteiger charge is -2.17. The van der Waals surface area contributed by atoms with Crippen molar-refractivity contribution >= 4 is 5.96 Å². The van der Waals surface area contributed by atoms with E-state index in [-0.39, 0.29) is 0 Å². The standard InChI is InChI=1S/C15H28N4O/c1-5-7-8-9-12(3)18-15(16-4)17-11-14-10-13(6-2)19-20-14/h10,12H,5-9,11H2,1-4H3,(H2,16,17,18). The molecule has 0 saturated carbocycles. The van der Waals surface area contributed by atoms with Crippen molar-refractivity contribution in [3.05, 3.63) is 17.5 Å². The quantitative estimate of drug-likeness (QED) is 0.437. The van der Waals surface area contributed by atoms with Gasteiger partial charge in [0.25, 0.3) is 0 Å². The van der Waals surface area contributed by atoms with Crippen LogP contribution in [0.5, 0.6) is 0 Å². The number of unbranched alkanes of at least 4 members (excludes halogenated alkanes) is 2. The number of aliphatic imine (C=N–C) groups is 1. The lowest BCUT2D eigenvalue weighted by Crippen LogP contribution is -2.41. The van der Waals surface area contributed by atoms with Gasteiger partial charge in [-0.3, -0.25) is 4.99 Å². The van der Waals surface area contributed by atoms with E-state index in [0.717, 1.165) is 30.3 Å². The zero-order valence-corrected chi connectivity index (χ0v) is 13.2. The van der Waals surface area contributed by atoms with E-state index in [4.69, 9.17) is 4.52 Å². The maximum Gasteiger partial charge on any atom is 0.191 e. The van der Waals surface area contributed by atoms with Gasteiger partial charge >= 0.3 is 0 Å². The molecule has 0 spiro atoms. The number of hydrogen-bond acceptors (Lipinski definition) is 3. The van der Waals surface area contributed by atoms with Gasteiger partial charge in [-0.2, -0.15) is 0 Å². The van der Waals surface area contributed by atoms with Crippen LogP contribution in [0, 0.1) is 0 Å². The van der Waals surface area contributed by atoms with Crippen molar-refractivity contribution in [1.29, 1.82) is 0 Å². The van der Waals surface area contributed by atoms with Gasteiger partial charge in [0.2, 0.25) is 0 Å². The summed E-state index contributed by atoms with van der Waals surface area (Å²) >= 11 is 0. The van der Waals surface area contributed by atoms with Crippen LogP contribution in [-0.4, -0.2) is 24.2 Å². The van der Waals surface area contributed by atoms with E-state index >= 15 is 0 Å². The Morgan fingerprint density at radius 1 is 1.40 bits per heavy atom. The molecule has 1 atom stereocenters. The Hall–Kier alpha value is -1.52. The summed E-state index contributed by atoms with van der Waals surface area (Å²) in [7, 11) is 1.78. The number of hydrogen-bond donors (Lipinski definition) is 2. The van der Waals surface area contributed by atoms with Crippen molar-refractivity contribution in [1.82, 2.24) is 15.8 Å². The van der Waals surface area contributed by atoms with E-state index in [0.29, 0.717) is 12.6 Å². The topological polar surface area (TPSA) is 62.5 Å². The van der Waals surface area contributed by atoms with E-state index in [1.54, 1.807) is 7.05 Å². The lowest BCUT2D eigenvalue weighted by molar-refractivity contribution is 0.374. The fourth-order valence-electron chi connectivity index (χ4n) is 1.98. The number of guanidine groups is 1. The Morgan fingerprint density at radius 2 is 2.20 bits per heavy atom. The molecule has 1 rings (SSSR count). The molecule has 114 valence electrons. The van der Waals surface area contributed by atoms with E-state index < -0.39 is 0 Å². The number of nitrogens with one attached hydrogen (secondary N) is 2. The van der Waals surface area contributed by atoms with E-state index in [2.05, 4.69) is 41.6 Å². The van der Waals surface area contributed by atoms with Crippen molar-refractivity contribution in [2.45, 2.75) is 65.5 Å². The van der Waals surface area contributed by atoms with Crippen LogP contribution in [0.4, 0.5) is 0 Å². The van der Waals surface area contributed by atoms with Gasteiger partial charge in [0.05, 0.1) is 12.2 Å². The summed E-state index contributed by atoms with van der Waals surface area (Å²) in [5.41, 5.74) is 0.984. The Kier molecular flexibility index (Phi) is 7.77. The number of aryl methyl sites for hydroxylation is 1. The molecule has 0 radical (unpaired) electrons. The van der Waals surface area contributed by atoms with E-state index in [1.807, 2.05) is 6.07 Å². The van der Waals surface area contributed by atoms with Gasteiger partial charge in [-0.25, -0.2) is 0 Å². The second-order valence-electron chi connectivity index (χ2n) is 5.11. The molecule has 0 amide bonds. The first-order valence-corrected chi connectivity index (χ1v) is 7.61. The van der Waals surface area contributed by atoms with Crippen LogP contribution in [0.1, 0.15) is 57.9 Å². The molecule has 1 aromatic heterocycles. The summed E-state index contributed by atoms with van der Waals surface area (Å²) in [6, 6.07) is 2.40. The fourth-order valence-corrected chi connectivity index (χ4v) is 1.98. The molecule has 0 aliphatic carbocycles. The molecule has 1 unspecified atom stereocenters. The summed E-state index contributed by atoms with van der Waals surface area (Å²) < 4.78 is 5.24. The first kappa shape index (κ1) is 16.5. The first-order valence-electron chi connectivity index (χ1n) is 7.61. The molecule has 0 aliphatic heterocycles. The summed E-state index contributed by atoms with van der Waals surface area (Å²) in [5.74, 6) is 1.65. The zero-order chi connectivity index (χ0) is 14.8. The number of nitrogens with zero attached hydrogens (tertiary/aromatic N) is 2. The van der Waals surface area contributed by atoms with Gasteiger partial charge in [0.15, 0.2) is 11.7 Å². The highest BCUT2D eigenvalue weighted by Crippen LogP contribution is 2.04. The highest BCUT2D eigenvalue weighted by Gasteiger charge is 2.07. The third-order valence-electron chi connectivity index (χ3n) is 3.25. The predicted octanol–water partition coefficient (Wildman–Crippen LogP) is 2.87. The molecule has 0 fully saturated rings. The smallest absolute Gasteiger partial charge is 0.191 e. The normalized spacial score (nSPS) is 13.3. The summed E-state index contributed by atoms with van der Waals surface area (Å²) in [6.45, 7) is 7.08. The molecule has 5 nitrogen and oxygen atoms in total. The molecule has 0 bridgehead atoms. The second kappa shape index (κ2) is 9.39. The summed E-state index contributed by atoms with van der Waals surface area (Å²) in [6.07, 6.45) is 5.85. The molecule has 0 saturated heterocycles. The SMILES string of the molecule is CCCCCC(C)NC(=NC)NCc1cc(CC)no1. The van der Waals surface area contributed by atoms with Crippen molar-refractivity contribution in [3.8, 4) is 0 Å². The van der Waals surface area contributed by atoms with Crippen molar-refractivity contribution in [2.24, 2.45) is 4.99 Å². The molecule has 5 heteroatoms. The van der Waals surface area contributed by atoms with Gasteiger partial charge in [0, 0.05) is 19.2 Å². The van der Waals surface area contributed by atoms with Crippen LogP contribution in [-0.2, 0) is 13.0 Å². The molecule has 1 aromatic rings. The molecular formula is C15H28N4O.